The first-order chi connectivity index (χ1) is 9.38. The molecule has 0 spiro atoms. The van der Waals surface area contributed by atoms with Crippen LogP contribution in [0.2, 0.25) is 0 Å². The van der Waals surface area contributed by atoms with Crippen molar-refractivity contribution in [1.82, 2.24) is 4.72 Å². The lowest BCUT2D eigenvalue weighted by Crippen LogP contribution is -2.37. The van der Waals surface area contributed by atoms with Gasteiger partial charge in [-0.2, -0.15) is 0 Å². The van der Waals surface area contributed by atoms with Crippen LogP contribution >= 0.6 is 0 Å². The number of hydrogen-bond donors (Lipinski definition) is 1. The molecule has 7 nitrogen and oxygen atoms in total. The van der Waals surface area contributed by atoms with Crippen LogP contribution in [0.1, 0.15) is 25.7 Å². The smallest absolute Gasteiger partial charge is 0.270 e. The van der Waals surface area contributed by atoms with Crippen LogP contribution in [0.15, 0.2) is 29.2 Å². The number of nitro benzene ring substituents is 1. The first-order valence-electron chi connectivity index (χ1n) is 6.17. The average molecular weight is 298 g/mol. The van der Waals surface area contributed by atoms with Crippen molar-refractivity contribution in [3.63, 3.8) is 0 Å². The Labute approximate surface area is 116 Å². The number of carbonyl (C=O) groups is 1. The molecule has 1 saturated carbocycles. The van der Waals surface area contributed by atoms with Gasteiger partial charge >= 0.3 is 0 Å². The Morgan fingerprint density at radius 1 is 1.25 bits per heavy atom. The Hall–Kier alpha value is -1.80. The normalized spacial score (nSPS) is 17.1. The fourth-order valence-electron chi connectivity index (χ4n) is 2.11. The molecule has 1 aliphatic rings. The van der Waals surface area contributed by atoms with E-state index in [0.29, 0.717) is 25.7 Å². The van der Waals surface area contributed by atoms with Crippen LogP contribution in [0.4, 0.5) is 5.69 Å². The van der Waals surface area contributed by atoms with Gasteiger partial charge in [-0.1, -0.05) is 6.07 Å². The van der Waals surface area contributed by atoms with Gasteiger partial charge in [0.15, 0.2) is 0 Å². The Balaban J connectivity index is 2.16. The molecule has 20 heavy (non-hydrogen) atoms. The predicted molar refractivity (Wildman–Crippen MR) is 70.7 cm³/mol. The number of carbonyl (C=O) groups excluding carboxylic acids is 1. The summed E-state index contributed by atoms with van der Waals surface area (Å²) in [4.78, 5) is 21.0. The van der Waals surface area contributed by atoms with E-state index in [9.17, 15) is 23.3 Å². The number of Topliss-reactive ketones (excluding diaryl/α,β-unsaturated/α-hetero) is 1. The fraction of sp³-hybridized carbons (Fsp3) is 0.417. The number of nitro groups is 1. The van der Waals surface area contributed by atoms with Crippen LogP contribution in [0.3, 0.4) is 0 Å². The van der Waals surface area contributed by atoms with Crippen molar-refractivity contribution in [2.24, 2.45) is 0 Å². The highest BCUT2D eigenvalue weighted by Crippen LogP contribution is 2.20. The Morgan fingerprint density at radius 3 is 2.50 bits per heavy atom. The molecule has 2 rings (SSSR count). The zero-order valence-electron chi connectivity index (χ0n) is 10.6. The molecule has 0 radical (unpaired) electrons. The monoisotopic (exact) mass is 298 g/mol. The van der Waals surface area contributed by atoms with Gasteiger partial charge in [-0.05, 0) is 18.9 Å². The second-order valence-electron chi connectivity index (χ2n) is 4.69. The number of benzene rings is 1. The third-order valence-corrected chi connectivity index (χ3v) is 4.72. The van der Waals surface area contributed by atoms with Crippen molar-refractivity contribution in [3.05, 3.63) is 34.4 Å². The highest BCUT2D eigenvalue weighted by atomic mass is 32.2. The summed E-state index contributed by atoms with van der Waals surface area (Å²) in [6, 6.07) is 4.60. The van der Waals surface area contributed by atoms with E-state index in [1.807, 2.05) is 0 Å². The summed E-state index contributed by atoms with van der Waals surface area (Å²) < 4.78 is 26.8. The third kappa shape index (κ3) is 3.40. The lowest BCUT2D eigenvalue weighted by atomic mass is 9.95. The number of ketones is 1. The summed E-state index contributed by atoms with van der Waals surface area (Å²) >= 11 is 0. The maximum Gasteiger partial charge on any atom is 0.270 e. The summed E-state index contributed by atoms with van der Waals surface area (Å²) in [5, 5.41) is 10.7. The molecule has 1 aromatic carbocycles. The Kier molecular flexibility index (Phi) is 4.15. The standard InChI is InChI=1S/C12H14N2O5S/c15-11-6-4-9(5-7-11)13-20(18,19)12-3-1-2-10(8-12)14(16)17/h1-3,8-9,13H,4-7H2. The van der Waals surface area contributed by atoms with E-state index in [0.717, 1.165) is 6.07 Å². The number of hydrogen-bond acceptors (Lipinski definition) is 5. The van der Waals surface area contributed by atoms with Gasteiger partial charge in [-0.25, -0.2) is 13.1 Å². The largest absolute Gasteiger partial charge is 0.300 e. The SMILES string of the molecule is O=C1CCC(NS(=O)(=O)c2cccc([N+](=O)[O-])c2)CC1. The minimum absolute atomic E-state index is 0.135. The zero-order valence-corrected chi connectivity index (χ0v) is 11.4. The highest BCUT2D eigenvalue weighted by Gasteiger charge is 2.25. The van der Waals surface area contributed by atoms with Gasteiger partial charge in [0, 0.05) is 31.0 Å². The van der Waals surface area contributed by atoms with Gasteiger partial charge < -0.3 is 0 Å². The second-order valence-corrected chi connectivity index (χ2v) is 6.40. The topological polar surface area (TPSA) is 106 Å². The van der Waals surface area contributed by atoms with Gasteiger partial charge in [0.25, 0.3) is 5.69 Å². The molecule has 0 aromatic heterocycles. The van der Waals surface area contributed by atoms with Crippen molar-refractivity contribution in [2.45, 2.75) is 36.6 Å². The van der Waals surface area contributed by atoms with Gasteiger partial charge in [0.1, 0.15) is 5.78 Å². The molecule has 0 heterocycles. The number of nitrogens with one attached hydrogen (secondary N) is 1. The molecule has 1 aromatic rings. The maximum absolute atomic E-state index is 12.1. The van der Waals surface area contributed by atoms with Gasteiger partial charge in [0.2, 0.25) is 10.0 Å². The zero-order chi connectivity index (χ0) is 14.8. The van der Waals surface area contributed by atoms with Crippen LogP contribution in [-0.2, 0) is 14.8 Å². The van der Waals surface area contributed by atoms with Crippen molar-refractivity contribution in [3.8, 4) is 0 Å². The van der Waals surface area contributed by atoms with Crippen molar-refractivity contribution >= 4 is 21.5 Å². The minimum Gasteiger partial charge on any atom is -0.300 e. The van der Waals surface area contributed by atoms with Gasteiger partial charge in [-0.15, -0.1) is 0 Å². The van der Waals surface area contributed by atoms with E-state index < -0.39 is 14.9 Å². The molecule has 1 aliphatic carbocycles. The predicted octanol–water partition coefficient (Wildman–Crippen LogP) is 1.38. The minimum atomic E-state index is -3.80. The molecular formula is C12H14N2O5S. The van der Waals surface area contributed by atoms with E-state index in [2.05, 4.69) is 4.72 Å². The first-order valence-corrected chi connectivity index (χ1v) is 7.65. The van der Waals surface area contributed by atoms with E-state index in [1.54, 1.807) is 0 Å². The van der Waals surface area contributed by atoms with Crippen LogP contribution in [0, 0.1) is 10.1 Å². The molecule has 0 aliphatic heterocycles. The fourth-order valence-corrected chi connectivity index (χ4v) is 3.45. The number of rotatable bonds is 4. The van der Waals surface area contributed by atoms with Crippen molar-refractivity contribution in [1.29, 1.82) is 0 Å². The maximum atomic E-state index is 12.1. The van der Waals surface area contributed by atoms with E-state index in [-0.39, 0.29) is 22.4 Å². The summed E-state index contributed by atoms with van der Waals surface area (Å²) in [6.45, 7) is 0. The van der Waals surface area contributed by atoms with Crippen LogP contribution in [-0.4, -0.2) is 25.2 Å². The summed E-state index contributed by atoms with van der Waals surface area (Å²) in [6.07, 6.45) is 1.66. The lowest BCUT2D eigenvalue weighted by molar-refractivity contribution is -0.385. The highest BCUT2D eigenvalue weighted by molar-refractivity contribution is 7.89. The van der Waals surface area contributed by atoms with Gasteiger partial charge in [-0.3, -0.25) is 14.9 Å². The molecule has 0 amide bonds. The van der Waals surface area contributed by atoms with Crippen molar-refractivity contribution < 1.29 is 18.1 Å². The summed E-state index contributed by atoms with van der Waals surface area (Å²) in [5.41, 5.74) is -0.272. The number of non-ortho nitro benzene ring substituents is 1. The summed E-state index contributed by atoms with van der Waals surface area (Å²) in [7, 11) is -3.80. The summed E-state index contributed by atoms with van der Waals surface area (Å²) in [5.74, 6) is 0.135. The first kappa shape index (κ1) is 14.6. The van der Waals surface area contributed by atoms with Crippen molar-refractivity contribution in [2.75, 3.05) is 0 Å². The van der Waals surface area contributed by atoms with E-state index >= 15 is 0 Å². The molecule has 0 unspecified atom stereocenters. The second kappa shape index (κ2) is 5.68. The third-order valence-electron chi connectivity index (χ3n) is 3.20. The molecule has 0 atom stereocenters. The van der Waals surface area contributed by atoms with Crippen LogP contribution in [0.25, 0.3) is 0 Å². The Morgan fingerprint density at radius 2 is 1.90 bits per heavy atom. The number of sulfonamides is 1. The molecule has 0 bridgehead atoms. The molecule has 1 N–H and O–H groups in total. The quantitative estimate of drug-likeness (QED) is 0.667. The lowest BCUT2D eigenvalue weighted by Gasteiger charge is -2.21. The van der Waals surface area contributed by atoms with Gasteiger partial charge in [0.05, 0.1) is 9.82 Å². The molecule has 1 fully saturated rings. The molecule has 0 saturated heterocycles. The van der Waals surface area contributed by atoms with E-state index in [1.165, 1.54) is 18.2 Å². The number of nitrogens with zero attached hydrogens (tertiary/aromatic N) is 1. The van der Waals surface area contributed by atoms with E-state index in [4.69, 9.17) is 0 Å². The molecule has 108 valence electrons. The Bertz CT molecular complexity index is 631. The van der Waals surface area contributed by atoms with Crippen LogP contribution in [0.5, 0.6) is 0 Å². The average Bonchev–Trinajstić information content (AvgIpc) is 2.41. The molecule has 8 heteroatoms. The van der Waals surface area contributed by atoms with Crippen LogP contribution < -0.4 is 4.72 Å². The molecular weight excluding hydrogens is 284 g/mol.